The van der Waals surface area contributed by atoms with E-state index in [1.54, 1.807) is 12.1 Å². The second-order valence-corrected chi connectivity index (χ2v) is 5.98. The first-order valence-corrected chi connectivity index (χ1v) is 7.12. The standard InChI is InChI=1S/C15H17Cl2NO/c1-10(2)7-15(19)18(12-4-5-12)9-11-3-6-13(16)14(17)8-11/h3,6-8,12H,4-5,9H2,1-2H3. The zero-order valence-electron chi connectivity index (χ0n) is 11.1. The Morgan fingerprint density at radius 1 is 1.32 bits per heavy atom. The topological polar surface area (TPSA) is 20.3 Å². The summed E-state index contributed by atoms with van der Waals surface area (Å²) in [6.07, 6.45) is 3.86. The SMILES string of the molecule is CC(C)=CC(=O)N(Cc1ccc(Cl)c(Cl)c1)C1CC1. The minimum Gasteiger partial charge on any atom is -0.332 e. The van der Waals surface area contributed by atoms with Crippen molar-refractivity contribution in [1.82, 2.24) is 4.90 Å². The number of allylic oxidation sites excluding steroid dienone is 1. The predicted molar refractivity (Wildman–Crippen MR) is 79.5 cm³/mol. The van der Waals surface area contributed by atoms with E-state index in [1.807, 2.05) is 30.9 Å². The van der Waals surface area contributed by atoms with Gasteiger partial charge in [-0.3, -0.25) is 4.79 Å². The highest BCUT2D eigenvalue weighted by molar-refractivity contribution is 6.42. The van der Waals surface area contributed by atoms with Crippen LogP contribution in [-0.2, 0) is 11.3 Å². The molecule has 0 heterocycles. The van der Waals surface area contributed by atoms with Crippen LogP contribution in [0, 0.1) is 0 Å². The van der Waals surface area contributed by atoms with Crippen LogP contribution in [0.3, 0.4) is 0 Å². The van der Waals surface area contributed by atoms with Gasteiger partial charge >= 0.3 is 0 Å². The van der Waals surface area contributed by atoms with Gasteiger partial charge in [0.05, 0.1) is 10.0 Å². The summed E-state index contributed by atoms with van der Waals surface area (Å²) in [4.78, 5) is 14.1. The zero-order chi connectivity index (χ0) is 14.0. The number of carbonyl (C=O) groups excluding carboxylic acids is 1. The lowest BCUT2D eigenvalue weighted by Gasteiger charge is -2.21. The smallest absolute Gasteiger partial charge is 0.247 e. The minimum atomic E-state index is 0.0774. The Kier molecular flexibility index (Phi) is 4.54. The molecule has 4 heteroatoms. The molecule has 0 atom stereocenters. The third-order valence-corrected chi connectivity index (χ3v) is 3.76. The largest absolute Gasteiger partial charge is 0.332 e. The van der Waals surface area contributed by atoms with Crippen molar-refractivity contribution in [3.63, 3.8) is 0 Å². The highest BCUT2D eigenvalue weighted by Crippen LogP contribution is 2.30. The van der Waals surface area contributed by atoms with Crippen LogP contribution >= 0.6 is 23.2 Å². The summed E-state index contributed by atoms with van der Waals surface area (Å²) in [5.74, 6) is 0.0774. The van der Waals surface area contributed by atoms with E-state index >= 15 is 0 Å². The fourth-order valence-electron chi connectivity index (χ4n) is 1.94. The first kappa shape index (κ1) is 14.4. The molecule has 1 aromatic carbocycles. The number of hydrogen-bond acceptors (Lipinski definition) is 1. The molecule has 1 aliphatic carbocycles. The first-order chi connectivity index (χ1) is 8.97. The molecule has 0 aliphatic heterocycles. The molecule has 1 fully saturated rings. The minimum absolute atomic E-state index is 0.0774. The van der Waals surface area contributed by atoms with E-state index in [2.05, 4.69) is 0 Å². The van der Waals surface area contributed by atoms with Gasteiger partial charge in [0.15, 0.2) is 0 Å². The number of amides is 1. The average Bonchev–Trinajstić information content (AvgIpc) is 3.13. The maximum Gasteiger partial charge on any atom is 0.247 e. The fraction of sp³-hybridized carbons (Fsp3) is 0.400. The van der Waals surface area contributed by atoms with E-state index in [1.165, 1.54) is 0 Å². The van der Waals surface area contributed by atoms with Crippen LogP contribution in [0.5, 0.6) is 0 Å². The van der Waals surface area contributed by atoms with Gasteiger partial charge in [0, 0.05) is 18.7 Å². The van der Waals surface area contributed by atoms with Crippen molar-refractivity contribution in [2.75, 3.05) is 0 Å². The lowest BCUT2D eigenvalue weighted by Crippen LogP contribution is -2.31. The van der Waals surface area contributed by atoms with Crippen molar-refractivity contribution in [3.05, 3.63) is 45.5 Å². The van der Waals surface area contributed by atoms with Crippen molar-refractivity contribution in [2.24, 2.45) is 0 Å². The molecule has 19 heavy (non-hydrogen) atoms. The zero-order valence-corrected chi connectivity index (χ0v) is 12.6. The summed E-state index contributed by atoms with van der Waals surface area (Å²) in [7, 11) is 0. The number of halogens is 2. The molecule has 0 radical (unpaired) electrons. The van der Waals surface area contributed by atoms with Crippen LogP contribution in [-0.4, -0.2) is 16.8 Å². The molecular weight excluding hydrogens is 281 g/mol. The van der Waals surface area contributed by atoms with Crippen LogP contribution in [0.2, 0.25) is 10.0 Å². The van der Waals surface area contributed by atoms with Crippen LogP contribution in [0.1, 0.15) is 32.3 Å². The third-order valence-electron chi connectivity index (χ3n) is 3.02. The third kappa shape index (κ3) is 3.99. The van der Waals surface area contributed by atoms with Gasteiger partial charge in [-0.1, -0.05) is 34.8 Å². The molecule has 0 N–H and O–H groups in total. The first-order valence-electron chi connectivity index (χ1n) is 6.37. The molecule has 1 saturated carbocycles. The van der Waals surface area contributed by atoms with E-state index in [9.17, 15) is 4.79 Å². The van der Waals surface area contributed by atoms with Crippen LogP contribution in [0.4, 0.5) is 0 Å². The number of rotatable bonds is 4. The molecule has 0 bridgehead atoms. The maximum absolute atomic E-state index is 12.2. The van der Waals surface area contributed by atoms with Crippen molar-refractivity contribution in [3.8, 4) is 0 Å². The quantitative estimate of drug-likeness (QED) is 0.752. The van der Waals surface area contributed by atoms with Crippen LogP contribution in [0.25, 0.3) is 0 Å². The summed E-state index contributed by atoms with van der Waals surface area (Å²) >= 11 is 11.9. The summed E-state index contributed by atoms with van der Waals surface area (Å²) in [5, 5.41) is 1.07. The molecule has 2 nitrogen and oxygen atoms in total. The van der Waals surface area contributed by atoms with E-state index in [0.29, 0.717) is 22.6 Å². The van der Waals surface area contributed by atoms with Crippen molar-refractivity contribution in [1.29, 1.82) is 0 Å². The Balaban J connectivity index is 2.14. The highest BCUT2D eigenvalue weighted by atomic mass is 35.5. The lowest BCUT2D eigenvalue weighted by atomic mass is 10.2. The molecule has 2 rings (SSSR count). The molecule has 1 aromatic rings. The summed E-state index contributed by atoms with van der Waals surface area (Å²) in [5.41, 5.74) is 2.03. The summed E-state index contributed by atoms with van der Waals surface area (Å²) in [6.45, 7) is 4.45. The predicted octanol–water partition coefficient (Wildman–Crippen LogP) is 4.45. The number of benzene rings is 1. The monoisotopic (exact) mass is 297 g/mol. The van der Waals surface area contributed by atoms with Gasteiger partial charge in [0.25, 0.3) is 0 Å². The van der Waals surface area contributed by atoms with Crippen molar-refractivity contribution in [2.45, 2.75) is 39.3 Å². The Morgan fingerprint density at radius 3 is 2.53 bits per heavy atom. The normalized spacial score (nSPS) is 14.1. The summed E-state index contributed by atoms with van der Waals surface area (Å²) in [6, 6.07) is 5.89. The molecule has 0 aromatic heterocycles. The van der Waals surface area contributed by atoms with Gasteiger partial charge in [-0.25, -0.2) is 0 Å². The molecule has 1 aliphatic rings. The van der Waals surface area contributed by atoms with E-state index < -0.39 is 0 Å². The van der Waals surface area contributed by atoms with Gasteiger partial charge in [-0.15, -0.1) is 0 Å². The fourth-order valence-corrected chi connectivity index (χ4v) is 2.26. The summed E-state index contributed by atoms with van der Waals surface area (Å²) < 4.78 is 0. The molecule has 1 amide bonds. The average molecular weight is 298 g/mol. The Morgan fingerprint density at radius 2 is 2.00 bits per heavy atom. The Labute approximate surface area is 124 Å². The highest BCUT2D eigenvalue weighted by Gasteiger charge is 2.31. The van der Waals surface area contributed by atoms with Gasteiger partial charge in [-0.2, -0.15) is 0 Å². The molecular formula is C15H17Cl2NO. The second kappa shape index (κ2) is 5.98. The Hall–Kier alpha value is -0.990. The molecule has 0 spiro atoms. The van der Waals surface area contributed by atoms with Crippen molar-refractivity contribution < 1.29 is 4.79 Å². The number of nitrogens with zero attached hydrogens (tertiary/aromatic N) is 1. The number of carbonyl (C=O) groups is 1. The molecule has 0 saturated heterocycles. The second-order valence-electron chi connectivity index (χ2n) is 5.17. The van der Waals surface area contributed by atoms with Gasteiger partial charge < -0.3 is 4.90 Å². The maximum atomic E-state index is 12.2. The van der Waals surface area contributed by atoms with Gasteiger partial charge in [-0.05, 0) is 44.4 Å². The van der Waals surface area contributed by atoms with E-state index in [4.69, 9.17) is 23.2 Å². The van der Waals surface area contributed by atoms with Crippen molar-refractivity contribution >= 4 is 29.1 Å². The number of hydrogen-bond donors (Lipinski definition) is 0. The van der Waals surface area contributed by atoms with Gasteiger partial charge in [0.1, 0.15) is 0 Å². The molecule has 102 valence electrons. The van der Waals surface area contributed by atoms with E-state index in [-0.39, 0.29) is 5.91 Å². The van der Waals surface area contributed by atoms with Crippen LogP contribution in [0.15, 0.2) is 29.8 Å². The molecule has 0 unspecified atom stereocenters. The Bertz CT molecular complexity index is 517. The van der Waals surface area contributed by atoms with Gasteiger partial charge in [0.2, 0.25) is 5.91 Å². The van der Waals surface area contributed by atoms with Crippen LogP contribution < -0.4 is 0 Å². The van der Waals surface area contributed by atoms with E-state index in [0.717, 1.165) is 24.0 Å². The lowest BCUT2D eigenvalue weighted by molar-refractivity contribution is -0.127.